The van der Waals surface area contributed by atoms with Gasteiger partial charge in [-0.3, -0.25) is 4.98 Å². The van der Waals surface area contributed by atoms with E-state index in [1.54, 1.807) is 18.2 Å². The fourth-order valence-electron chi connectivity index (χ4n) is 2.05. The van der Waals surface area contributed by atoms with Gasteiger partial charge in [0.25, 0.3) is 0 Å². The lowest BCUT2D eigenvalue weighted by molar-refractivity contribution is -0.137. The number of aromatic hydroxyl groups is 1. The number of halogens is 4. The molecule has 0 unspecified atom stereocenters. The van der Waals surface area contributed by atoms with E-state index in [2.05, 4.69) is 4.98 Å². The summed E-state index contributed by atoms with van der Waals surface area (Å²) in [6, 6.07) is 9.26. The summed E-state index contributed by atoms with van der Waals surface area (Å²) in [5.41, 5.74) is -0.198. The molecule has 2 aromatic carbocycles. The maximum absolute atomic E-state index is 12.6. The molecule has 0 bridgehead atoms. The monoisotopic (exact) mass is 339 g/mol. The molecule has 0 radical (unpaired) electrons. The molecule has 0 saturated heterocycles. The number of fused-ring (bicyclic) bond motifs is 1. The van der Waals surface area contributed by atoms with Crippen molar-refractivity contribution >= 4 is 22.5 Å². The number of benzene rings is 2. The minimum atomic E-state index is -4.46. The van der Waals surface area contributed by atoms with E-state index in [1.165, 1.54) is 12.3 Å². The van der Waals surface area contributed by atoms with Crippen LogP contribution in [-0.4, -0.2) is 10.1 Å². The normalized spacial score (nSPS) is 11.7. The molecule has 0 spiro atoms. The first-order chi connectivity index (χ1) is 10.8. The second kappa shape index (κ2) is 5.62. The third-order valence-electron chi connectivity index (χ3n) is 3.13. The summed E-state index contributed by atoms with van der Waals surface area (Å²) in [7, 11) is 0. The van der Waals surface area contributed by atoms with E-state index < -0.39 is 11.7 Å². The number of nitrogens with zero attached hydrogens (tertiary/aromatic N) is 1. The van der Waals surface area contributed by atoms with Gasteiger partial charge in [0.15, 0.2) is 0 Å². The van der Waals surface area contributed by atoms with Crippen LogP contribution >= 0.6 is 11.6 Å². The molecule has 1 N–H and O–H groups in total. The molecule has 0 atom stereocenters. The van der Waals surface area contributed by atoms with Crippen LogP contribution < -0.4 is 4.74 Å². The van der Waals surface area contributed by atoms with Crippen LogP contribution in [-0.2, 0) is 6.18 Å². The Labute approximate surface area is 133 Å². The van der Waals surface area contributed by atoms with Gasteiger partial charge in [-0.2, -0.15) is 13.2 Å². The highest BCUT2D eigenvalue weighted by Gasteiger charge is 2.31. The number of hydrogen-bond donors (Lipinski definition) is 1. The summed E-state index contributed by atoms with van der Waals surface area (Å²) in [6.07, 6.45) is -3.15. The van der Waals surface area contributed by atoms with Gasteiger partial charge in [0.1, 0.15) is 17.2 Å². The van der Waals surface area contributed by atoms with Crippen molar-refractivity contribution in [1.29, 1.82) is 0 Å². The van der Waals surface area contributed by atoms with Crippen molar-refractivity contribution in [2.45, 2.75) is 6.18 Å². The molecule has 118 valence electrons. The summed E-state index contributed by atoms with van der Waals surface area (Å²) >= 11 is 5.85. The first-order valence-corrected chi connectivity index (χ1v) is 6.84. The number of aromatic nitrogens is 1. The molecule has 3 aromatic rings. The van der Waals surface area contributed by atoms with Crippen molar-refractivity contribution < 1.29 is 23.0 Å². The predicted octanol–water partition coefficient (Wildman–Crippen LogP) is 5.40. The fourth-order valence-corrected chi connectivity index (χ4v) is 2.27. The van der Waals surface area contributed by atoms with Crippen molar-refractivity contribution in [3.63, 3.8) is 0 Å². The number of rotatable bonds is 2. The smallest absolute Gasteiger partial charge is 0.416 e. The highest BCUT2D eigenvalue weighted by Crippen LogP contribution is 2.36. The molecule has 1 heterocycles. The Morgan fingerprint density at radius 1 is 1.04 bits per heavy atom. The Bertz CT molecular complexity index is 881. The molecule has 1 aromatic heterocycles. The Hall–Kier alpha value is -2.47. The maximum atomic E-state index is 12.6. The zero-order valence-corrected chi connectivity index (χ0v) is 12.2. The zero-order valence-electron chi connectivity index (χ0n) is 11.4. The Kier molecular flexibility index (Phi) is 3.77. The average molecular weight is 340 g/mol. The van der Waals surface area contributed by atoms with E-state index >= 15 is 0 Å². The Morgan fingerprint density at radius 2 is 1.83 bits per heavy atom. The molecule has 0 aliphatic carbocycles. The van der Waals surface area contributed by atoms with Crippen LogP contribution in [0.4, 0.5) is 13.2 Å². The van der Waals surface area contributed by atoms with Crippen LogP contribution in [0, 0.1) is 0 Å². The number of hydrogen-bond acceptors (Lipinski definition) is 3. The Balaban J connectivity index is 1.92. The molecule has 3 nitrogen and oxygen atoms in total. The first kappa shape index (κ1) is 15.4. The molecule has 3 rings (SSSR count). The second-order valence-corrected chi connectivity index (χ2v) is 5.20. The van der Waals surface area contributed by atoms with E-state index in [0.29, 0.717) is 16.7 Å². The predicted molar refractivity (Wildman–Crippen MR) is 79.9 cm³/mol. The van der Waals surface area contributed by atoms with Gasteiger partial charge in [-0.25, -0.2) is 0 Å². The van der Waals surface area contributed by atoms with Gasteiger partial charge in [0, 0.05) is 5.39 Å². The van der Waals surface area contributed by atoms with Crippen LogP contribution in [0.1, 0.15) is 5.56 Å². The summed E-state index contributed by atoms with van der Waals surface area (Å²) in [6.45, 7) is 0. The fraction of sp³-hybridized carbons (Fsp3) is 0.0625. The number of alkyl halides is 3. The van der Waals surface area contributed by atoms with Crippen molar-refractivity contribution in [3.05, 3.63) is 59.2 Å². The van der Waals surface area contributed by atoms with Crippen LogP contribution in [0.5, 0.6) is 17.2 Å². The number of pyridine rings is 1. The van der Waals surface area contributed by atoms with E-state index in [1.807, 2.05) is 0 Å². The standard InChI is InChI=1S/C16H9ClF3NO2/c17-13-7-10(16(18,19)20)1-4-15(13)23-12-2-3-14-9(6-12)5-11(22)8-21-14/h1-8,22H. The molecular formula is C16H9ClF3NO2. The third-order valence-corrected chi connectivity index (χ3v) is 3.42. The van der Waals surface area contributed by atoms with Crippen LogP contribution in [0.15, 0.2) is 48.7 Å². The maximum Gasteiger partial charge on any atom is 0.416 e. The van der Waals surface area contributed by atoms with Gasteiger partial charge in [-0.1, -0.05) is 11.6 Å². The molecule has 0 aliphatic heterocycles. The van der Waals surface area contributed by atoms with Crippen LogP contribution in [0.2, 0.25) is 5.02 Å². The van der Waals surface area contributed by atoms with E-state index in [4.69, 9.17) is 16.3 Å². The molecule has 0 amide bonds. The van der Waals surface area contributed by atoms with Crippen LogP contribution in [0.3, 0.4) is 0 Å². The molecule has 7 heteroatoms. The molecular weight excluding hydrogens is 331 g/mol. The minimum absolute atomic E-state index is 0.00205. The number of ether oxygens (including phenoxy) is 1. The first-order valence-electron chi connectivity index (χ1n) is 6.46. The second-order valence-electron chi connectivity index (χ2n) is 4.79. The van der Waals surface area contributed by atoms with Gasteiger partial charge in [0.05, 0.1) is 22.3 Å². The Morgan fingerprint density at radius 3 is 2.52 bits per heavy atom. The zero-order chi connectivity index (χ0) is 16.6. The van der Waals surface area contributed by atoms with Crippen molar-refractivity contribution in [3.8, 4) is 17.2 Å². The SMILES string of the molecule is Oc1cnc2ccc(Oc3ccc(C(F)(F)F)cc3Cl)cc2c1. The van der Waals surface area contributed by atoms with E-state index in [0.717, 1.165) is 18.2 Å². The van der Waals surface area contributed by atoms with Gasteiger partial charge >= 0.3 is 6.18 Å². The third kappa shape index (κ3) is 3.32. The van der Waals surface area contributed by atoms with Gasteiger partial charge in [-0.15, -0.1) is 0 Å². The average Bonchev–Trinajstić information content (AvgIpc) is 2.48. The van der Waals surface area contributed by atoms with E-state index in [9.17, 15) is 18.3 Å². The lowest BCUT2D eigenvalue weighted by Crippen LogP contribution is -2.04. The summed E-state index contributed by atoms with van der Waals surface area (Å²) in [5, 5.41) is 9.92. The van der Waals surface area contributed by atoms with Crippen molar-refractivity contribution in [1.82, 2.24) is 4.98 Å². The topological polar surface area (TPSA) is 42.4 Å². The molecule has 0 fully saturated rings. The lowest BCUT2D eigenvalue weighted by Gasteiger charge is -2.11. The largest absolute Gasteiger partial charge is 0.506 e. The lowest BCUT2D eigenvalue weighted by atomic mass is 10.2. The summed E-state index contributed by atoms with van der Waals surface area (Å²) in [4.78, 5) is 4.03. The highest BCUT2D eigenvalue weighted by molar-refractivity contribution is 6.32. The van der Waals surface area contributed by atoms with Gasteiger partial charge in [-0.05, 0) is 42.5 Å². The van der Waals surface area contributed by atoms with Gasteiger partial charge in [0.2, 0.25) is 0 Å². The van der Waals surface area contributed by atoms with Crippen LogP contribution in [0.25, 0.3) is 10.9 Å². The molecule has 0 saturated carbocycles. The summed E-state index contributed by atoms with van der Waals surface area (Å²) in [5.74, 6) is 0.473. The molecule has 0 aliphatic rings. The van der Waals surface area contributed by atoms with Gasteiger partial charge < -0.3 is 9.84 Å². The van der Waals surface area contributed by atoms with E-state index in [-0.39, 0.29) is 16.5 Å². The van der Waals surface area contributed by atoms with Crippen molar-refractivity contribution in [2.75, 3.05) is 0 Å². The summed E-state index contributed by atoms with van der Waals surface area (Å²) < 4.78 is 43.3. The van der Waals surface area contributed by atoms with Crippen molar-refractivity contribution in [2.24, 2.45) is 0 Å². The minimum Gasteiger partial charge on any atom is -0.506 e. The molecule has 23 heavy (non-hydrogen) atoms. The highest BCUT2D eigenvalue weighted by atomic mass is 35.5. The quantitative estimate of drug-likeness (QED) is 0.679.